The summed E-state index contributed by atoms with van der Waals surface area (Å²) in [7, 11) is 1.88. The molecule has 0 unspecified atom stereocenters. The lowest BCUT2D eigenvalue weighted by molar-refractivity contribution is -0.135. The highest BCUT2D eigenvalue weighted by atomic mass is 16.2. The first kappa shape index (κ1) is 15.5. The maximum atomic E-state index is 12.4. The molecule has 0 saturated carbocycles. The first-order valence-electron chi connectivity index (χ1n) is 7.17. The third-order valence-corrected chi connectivity index (χ3v) is 3.37. The summed E-state index contributed by atoms with van der Waals surface area (Å²) in [5.41, 5.74) is 7.60. The molecule has 3 heteroatoms. The molecule has 106 valence electrons. The summed E-state index contributed by atoms with van der Waals surface area (Å²) < 4.78 is 0. The summed E-state index contributed by atoms with van der Waals surface area (Å²) in [6.07, 6.45) is 4.08. The van der Waals surface area contributed by atoms with Crippen molar-refractivity contribution in [3.63, 3.8) is 0 Å². The zero-order chi connectivity index (χ0) is 14.3. The quantitative estimate of drug-likeness (QED) is 0.765. The molecule has 0 atom stereocenters. The Kier molecular flexibility index (Phi) is 6.40. The van der Waals surface area contributed by atoms with Gasteiger partial charge < -0.3 is 10.6 Å². The van der Waals surface area contributed by atoms with Gasteiger partial charge in [-0.1, -0.05) is 38.8 Å². The normalized spacial score (nSPS) is 10.7. The summed E-state index contributed by atoms with van der Waals surface area (Å²) in [5, 5.41) is 0. The number of nitrogens with two attached hydrogens (primary N) is 1. The lowest BCUT2D eigenvalue weighted by Crippen LogP contribution is -2.32. The zero-order valence-corrected chi connectivity index (χ0v) is 12.4. The molecule has 1 amide bonds. The van der Waals surface area contributed by atoms with E-state index in [0.717, 1.165) is 36.9 Å². The van der Waals surface area contributed by atoms with E-state index in [-0.39, 0.29) is 11.8 Å². The summed E-state index contributed by atoms with van der Waals surface area (Å²) in [5.74, 6) is 0.423. The van der Waals surface area contributed by atoms with Gasteiger partial charge in [0, 0.05) is 25.2 Å². The highest BCUT2D eigenvalue weighted by Gasteiger charge is 2.20. The number of benzene rings is 1. The Balaban J connectivity index is 2.65. The molecule has 0 spiro atoms. The molecule has 0 radical (unpaired) electrons. The standard InChI is InChI=1S/C16H26N2O/c1-4-7-14(8-5-2)16(19)18(3)12-13-9-6-10-15(17)11-13/h6,9-11,14H,4-5,7-8,12,17H2,1-3H3. The van der Waals surface area contributed by atoms with Gasteiger partial charge in [0.05, 0.1) is 0 Å². The zero-order valence-electron chi connectivity index (χ0n) is 12.4. The van der Waals surface area contributed by atoms with Crippen molar-refractivity contribution in [1.29, 1.82) is 0 Å². The van der Waals surface area contributed by atoms with Gasteiger partial charge in [0.1, 0.15) is 0 Å². The van der Waals surface area contributed by atoms with Gasteiger partial charge in [0.25, 0.3) is 0 Å². The van der Waals surface area contributed by atoms with Crippen LogP contribution in [0.1, 0.15) is 45.1 Å². The second-order valence-corrected chi connectivity index (χ2v) is 5.21. The fourth-order valence-corrected chi connectivity index (χ4v) is 2.44. The minimum Gasteiger partial charge on any atom is -0.399 e. The lowest BCUT2D eigenvalue weighted by atomic mass is 9.96. The number of nitrogen functional groups attached to an aromatic ring is 1. The molecule has 1 aromatic carbocycles. The molecular weight excluding hydrogens is 236 g/mol. The smallest absolute Gasteiger partial charge is 0.225 e. The number of anilines is 1. The summed E-state index contributed by atoms with van der Waals surface area (Å²) in [6.45, 7) is 4.90. The van der Waals surface area contributed by atoms with E-state index in [2.05, 4.69) is 13.8 Å². The van der Waals surface area contributed by atoms with Crippen LogP contribution in [0.4, 0.5) is 5.69 Å². The molecule has 0 saturated heterocycles. The van der Waals surface area contributed by atoms with Crippen molar-refractivity contribution >= 4 is 11.6 Å². The Morgan fingerprint density at radius 1 is 1.26 bits per heavy atom. The minimum atomic E-state index is 0.168. The summed E-state index contributed by atoms with van der Waals surface area (Å²) in [4.78, 5) is 14.2. The van der Waals surface area contributed by atoms with Crippen LogP contribution in [0.2, 0.25) is 0 Å². The molecule has 0 aliphatic carbocycles. The van der Waals surface area contributed by atoms with Gasteiger partial charge in [-0.25, -0.2) is 0 Å². The maximum absolute atomic E-state index is 12.4. The third-order valence-electron chi connectivity index (χ3n) is 3.37. The average Bonchev–Trinajstić information content (AvgIpc) is 2.37. The molecule has 0 fully saturated rings. The van der Waals surface area contributed by atoms with E-state index < -0.39 is 0 Å². The molecule has 1 rings (SSSR count). The highest BCUT2D eigenvalue weighted by Crippen LogP contribution is 2.18. The third kappa shape index (κ3) is 4.93. The number of hydrogen-bond acceptors (Lipinski definition) is 2. The molecule has 1 aromatic rings. The monoisotopic (exact) mass is 262 g/mol. The van der Waals surface area contributed by atoms with Crippen molar-refractivity contribution in [2.75, 3.05) is 12.8 Å². The van der Waals surface area contributed by atoms with Crippen molar-refractivity contribution in [3.8, 4) is 0 Å². The Labute approximate surface area is 116 Å². The predicted molar refractivity (Wildman–Crippen MR) is 80.6 cm³/mol. The van der Waals surface area contributed by atoms with Gasteiger partial charge in [0.2, 0.25) is 5.91 Å². The number of carbonyl (C=O) groups excluding carboxylic acids is 1. The average molecular weight is 262 g/mol. The van der Waals surface area contributed by atoms with Gasteiger partial charge in [-0.05, 0) is 30.5 Å². The van der Waals surface area contributed by atoms with E-state index in [9.17, 15) is 4.79 Å². The van der Waals surface area contributed by atoms with Crippen molar-refractivity contribution < 1.29 is 4.79 Å². The first-order valence-corrected chi connectivity index (χ1v) is 7.17. The van der Waals surface area contributed by atoms with Crippen LogP contribution in [0.25, 0.3) is 0 Å². The van der Waals surface area contributed by atoms with E-state index in [1.165, 1.54) is 0 Å². The van der Waals surface area contributed by atoms with E-state index in [0.29, 0.717) is 6.54 Å². The molecular formula is C16H26N2O. The molecule has 0 heterocycles. The fourth-order valence-electron chi connectivity index (χ4n) is 2.44. The van der Waals surface area contributed by atoms with Crippen LogP contribution < -0.4 is 5.73 Å². The first-order chi connectivity index (χ1) is 9.08. The van der Waals surface area contributed by atoms with Crippen LogP contribution in [0, 0.1) is 5.92 Å². The van der Waals surface area contributed by atoms with Crippen molar-refractivity contribution in [2.45, 2.75) is 46.1 Å². The van der Waals surface area contributed by atoms with E-state index in [4.69, 9.17) is 5.73 Å². The summed E-state index contributed by atoms with van der Waals surface area (Å²) >= 11 is 0. The van der Waals surface area contributed by atoms with Crippen LogP contribution in [0.3, 0.4) is 0 Å². The topological polar surface area (TPSA) is 46.3 Å². The number of carbonyl (C=O) groups is 1. The van der Waals surface area contributed by atoms with Gasteiger partial charge in [-0.2, -0.15) is 0 Å². The molecule has 2 N–H and O–H groups in total. The van der Waals surface area contributed by atoms with Crippen molar-refractivity contribution in [2.24, 2.45) is 5.92 Å². The molecule has 0 aromatic heterocycles. The predicted octanol–water partition coefficient (Wildman–Crippen LogP) is 3.44. The molecule has 0 aliphatic rings. The van der Waals surface area contributed by atoms with Gasteiger partial charge >= 0.3 is 0 Å². The van der Waals surface area contributed by atoms with Crippen LogP contribution in [-0.4, -0.2) is 17.9 Å². The Hall–Kier alpha value is -1.51. The molecule has 0 aliphatic heterocycles. The number of nitrogens with zero attached hydrogens (tertiary/aromatic N) is 1. The molecule has 3 nitrogen and oxygen atoms in total. The Morgan fingerprint density at radius 2 is 1.89 bits per heavy atom. The van der Waals surface area contributed by atoms with Crippen LogP contribution >= 0.6 is 0 Å². The number of amides is 1. The van der Waals surface area contributed by atoms with Crippen LogP contribution in [-0.2, 0) is 11.3 Å². The molecule has 19 heavy (non-hydrogen) atoms. The highest BCUT2D eigenvalue weighted by molar-refractivity contribution is 5.78. The second kappa shape index (κ2) is 7.82. The van der Waals surface area contributed by atoms with Gasteiger partial charge in [-0.3, -0.25) is 4.79 Å². The van der Waals surface area contributed by atoms with E-state index in [1.54, 1.807) is 0 Å². The van der Waals surface area contributed by atoms with Gasteiger partial charge in [-0.15, -0.1) is 0 Å². The maximum Gasteiger partial charge on any atom is 0.225 e. The van der Waals surface area contributed by atoms with Crippen molar-refractivity contribution in [3.05, 3.63) is 29.8 Å². The second-order valence-electron chi connectivity index (χ2n) is 5.21. The molecule has 0 bridgehead atoms. The number of hydrogen-bond donors (Lipinski definition) is 1. The van der Waals surface area contributed by atoms with Crippen LogP contribution in [0.15, 0.2) is 24.3 Å². The SMILES string of the molecule is CCCC(CCC)C(=O)N(C)Cc1cccc(N)c1. The lowest BCUT2D eigenvalue weighted by Gasteiger charge is -2.23. The Bertz CT molecular complexity index is 397. The largest absolute Gasteiger partial charge is 0.399 e. The van der Waals surface area contributed by atoms with Crippen molar-refractivity contribution in [1.82, 2.24) is 4.90 Å². The van der Waals surface area contributed by atoms with E-state index in [1.807, 2.05) is 36.2 Å². The Morgan fingerprint density at radius 3 is 2.42 bits per heavy atom. The summed E-state index contributed by atoms with van der Waals surface area (Å²) in [6, 6.07) is 7.73. The number of rotatable bonds is 7. The van der Waals surface area contributed by atoms with E-state index >= 15 is 0 Å². The fraction of sp³-hybridized carbons (Fsp3) is 0.562. The van der Waals surface area contributed by atoms with Gasteiger partial charge in [0.15, 0.2) is 0 Å². The minimum absolute atomic E-state index is 0.168. The van der Waals surface area contributed by atoms with Crippen LogP contribution in [0.5, 0.6) is 0 Å².